The minimum atomic E-state index is -0.688. The second-order valence-corrected chi connectivity index (χ2v) is 6.16. The Bertz CT molecular complexity index is 687. The van der Waals surface area contributed by atoms with Gasteiger partial charge >= 0.3 is 0 Å². The summed E-state index contributed by atoms with van der Waals surface area (Å²) < 4.78 is 27.0. The molecule has 0 aromatic heterocycles. The van der Waals surface area contributed by atoms with E-state index in [2.05, 4.69) is 20.8 Å². The van der Waals surface area contributed by atoms with Crippen molar-refractivity contribution in [2.75, 3.05) is 0 Å². The summed E-state index contributed by atoms with van der Waals surface area (Å²) in [5.41, 5.74) is 1.41. The Hall–Kier alpha value is -2.29. The van der Waals surface area contributed by atoms with Crippen LogP contribution in [0.3, 0.4) is 0 Å². The van der Waals surface area contributed by atoms with E-state index in [0.29, 0.717) is 5.56 Å². The lowest BCUT2D eigenvalue weighted by Gasteiger charge is -2.18. The number of carbonyl (C=O) groups excluding carboxylic acids is 1. The number of hydrogen-bond donors (Lipinski definition) is 0. The third-order valence-electron chi connectivity index (χ3n) is 3.44. The minimum absolute atomic E-state index is 0.00765. The van der Waals surface area contributed by atoms with Crippen molar-refractivity contribution in [2.45, 2.75) is 26.2 Å². The summed E-state index contributed by atoms with van der Waals surface area (Å²) >= 11 is 0. The van der Waals surface area contributed by atoms with Crippen molar-refractivity contribution >= 4 is 11.9 Å². The lowest BCUT2D eigenvalue weighted by Crippen LogP contribution is -2.11. The molecule has 3 heteroatoms. The molecule has 0 spiro atoms. The van der Waals surface area contributed by atoms with Crippen LogP contribution in [0, 0.1) is 11.6 Å². The van der Waals surface area contributed by atoms with E-state index in [-0.39, 0.29) is 16.8 Å². The van der Waals surface area contributed by atoms with Crippen molar-refractivity contribution in [1.29, 1.82) is 0 Å². The zero-order valence-electron chi connectivity index (χ0n) is 12.9. The Labute approximate surface area is 129 Å². The molecule has 0 N–H and O–H groups in total. The summed E-state index contributed by atoms with van der Waals surface area (Å²) in [6, 6.07) is 10.8. The van der Waals surface area contributed by atoms with Gasteiger partial charge in [-0.1, -0.05) is 51.1 Å². The Morgan fingerprint density at radius 1 is 0.955 bits per heavy atom. The van der Waals surface area contributed by atoms with Gasteiger partial charge < -0.3 is 0 Å². The highest BCUT2D eigenvalue weighted by atomic mass is 19.1. The second-order valence-electron chi connectivity index (χ2n) is 6.16. The fraction of sp³-hybridized carbons (Fsp3) is 0.211. The van der Waals surface area contributed by atoms with E-state index >= 15 is 0 Å². The molecule has 0 radical (unpaired) electrons. The minimum Gasteiger partial charge on any atom is -0.289 e. The van der Waals surface area contributed by atoms with Crippen LogP contribution in [0.4, 0.5) is 8.78 Å². The van der Waals surface area contributed by atoms with E-state index in [9.17, 15) is 13.6 Å². The van der Waals surface area contributed by atoms with Crippen molar-refractivity contribution in [1.82, 2.24) is 0 Å². The van der Waals surface area contributed by atoms with Gasteiger partial charge in [-0.3, -0.25) is 4.79 Å². The molecule has 0 saturated carbocycles. The maximum atomic E-state index is 13.5. The van der Waals surface area contributed by atoms with Gasteiger partial charge in [0.15, 0.2) is 5.78 Å². The van der Waals surface area contributed by atoms with Gasteiger partial charge in [-0.2, -0.15) is 0 Å². The quantitative estimate of drug-likeness (QED) is 0.565. The van der Waals surface area contributed by atoms with E-state index in [0.717, 1.165) is 17.7 Å². The van der Waals surface area contributed by atoms with E-state index in [1.54, 1.807) is 12.1 Å². The maximum absolute atomic E-state index is 13.5. The van der Waals surface area contributed by atoms with Crippen LogP contribution in [0.5, 0.6) is 0 Å². The molecule has 0 aliphatic heterocycles. The summed E-state index contributed by atoms with van der Waals surface area (Å²) in [5.74, 6) is -1.66. The van der Waals surface area contributed by atoms with Gasteiger partial charge in [-0.15, -0.1) is 0 Å². The Balaban J connectivity index is 2.21. The first kappa shape index (κ1) is 16.1. The first-order valence-electron chi connectivity index (χ1n) is 7.06. The largest absolute Gasteiger partial charge is 0.289 e. The predicted octanol–water partition coefficient (Wildman–Crippen LogP) is 5.16. The molecule has 0 aliphatic carbocycles. The number of allylic oxidation sites excluding steroid dienone is 1. The molecule has 2 rings (SSSR count). The first-order chi connectivity index (χ1) is 10.3. The molecule has 0 heterocycles. The fourth-order valence-corrected chi connectivity index (χ4v) is 2.06. The fourth-order valence-electron chi connectivity index (χ4n) is 2.06. The van der Waals surface area contributed by atoms with E-state index < -0.39 is 11.6 Å². The Morgan fingerprint density at radius 3 is 2.00 bits per heavy atom. The molecule has 1 nitrogen and oxygen atoms in total. The van der Waals surface area contributed by atoms with Gasteiger partial charge in [0, 0.05) is 11.1 Å². The van der Waals surface area contributed by atoms with Gasteiger partial charge in [0.2, 0.25) is 0 Å². The van der Waals surface area contributed by atoms with Crippen LogP contribution >= 0.6 is 0 Å². The average molecular weight is 300 g/mol. The van der Waals surface area contributed by atoms with Gasteiger partial charge in [-0.05, 0) is 35.3 Å². The molecule has 0 fully saturated rings. The van der Waals surface area contributed by atoms with Crippen molar-refractivity contribution in [3.8, 4) is 0 Å². The highest BCUT2D eigenvalue weighted by molar-refractivity contribution is 6.06. The molecule has 0 atom stereocenters. The first-order valence-corrected chi connectivity index (χ1v) is 7.06. The number of hydrogen-bond acceptors (Lipinski definition) is 1. The lowest BCUT2D eigenvalue weighted by atomic mass is 9.86. The van der Waals surface area contributed by atoms with E-state index in [1.165, 1.54) is 18.2 Å². The topological polar surface area (TPSA) is 17.1 Å². The molecule has 0 amide bonds. The van der Waals surface area contributed by atoms with Crippen LogP contribution in [0.15, 0.2) is 48.5 Å². The van der Waals surface area contributed by atoms with Crippen molar-refractivity contribution in [3.63, 3.8) is 0 Å². The van der Waals surface area contributed by atoms with Crippen LogP contribution in [0.25, 0.3) is 6.08 Å². The number of carbonyl (C=O) groups is 1. The monoisotopic (exact) mass is 300 g/mol. The molecule has 0 bridgehead atoms. The van der Waals surface area contributed by atoms with Crippen LogP contribution in [0.2, 0.25) is 0 Å². The average Bonchev–Trinajstić information content (AvgIpc) is 2.46. The predicted molar refractivity (Wildman–Crippen MR) is 84.9 cm³/mol. The van der Waals surface area contributed by atoms with Gasteiger partial charge in [0.25, 0.3) is 0 Å². The van der Waals surface area contributed by atoms with Crippen LogP contribution in [-0.4, -0.2) is 5.78 Å². The van der Waals surface area contributed by atoms with Crippen molar-refractivity contribution in [2.24, 2.45) is 0 Å². The summed E-state index contributed by atoms with van der Waals surface area (Å²) in [5, 5.41) is 0. The standard InChI is InChI=1S/C19H18F2O/c1-19(2,3)14-9-7-13(8-10-14)18(22)12-11-15-16(20)5-4-6-17(15)21/h4-12H,1-3H3/b12-11+. The molecule has 2 aromatic rings. The third kappa shape index (κ3) is 3.67. The smallest absolute Gasteiger partial charge is 0.185 e. The summed E-state index contributed by atoms with van der Waals surface area (Å²) in [4.78, 5) is 12.1. The zero-order valence-corrected chi connectivity index (χ0v) is 12.9. The van der Waals surface area contributed by atoms with Crippen molar-refractivity contribution in [3.05, 3.63) is 76.9 Å². The Morgan fingerprint density at radius 2 is 1.50 bits per heavy atom. The maximum Gasteiger partial charge on any atom is 0.185 e. The summed E-state index contributed by atoms with van der Waals surface area (Å²) in [7, 11) is 0. The molecule has 0 aliphatic rings. The van der Waals surface area contributed by atoms with Gasteiger partial charge in [0.05, 0.1) is 0 Å². The molecule has 0 unspecified atom stereocenters. The molecule has 114 valence electrons. The SMILES string of the molecule is CC(C)(C)c1ccc(C(=O)/C=C/c2c(F)cccc2F)cc1. The van der Waals surface area contributed by atoms with Gasteiger partial charge in [0.1, 0.15) is 11.6 Å². The van der Waals surface area contributed by atoms with Crippen molar-refractivity contribution < 1.29 is 13.6 Å². The number of halogens is 2. The molecular formula is C19H18F2O. The normalized spacial score (nSPS) is 11.9. The van der Waals surface area contributed by atoms with Crippen LogP contribution in [-0.2, 0) is 5.41 Å². The van der Waals surface area contributed by atoms with E-state index in [1.807, 2.05) is 12.1 Å². The highest BCUT2D eigenvalue weighted by Crippen LogP contribution is 2.22. The summed E-state index contributed by atoms with van der Waals surface area (Å²) in [6.45, 7) is 6.26. The van der Waals surface area contributed by atoms with E-state index in [4.69, 9.17) is 0 Å². The third-order valence-corrected chi connectivity index (χ3v) is 3.44. The summed E-state index contributed by atoms with van der Waals surface area (Å²) in [6.07, 6.45) is 2.36. The molecule has 2 aromatic carbocycles. The highest BCUT2D eigenvalue weighted by Gasteiger charge is 2.13. The zero-order chi connectivity index (χ0) is 16.3. The van der Waals surface area contributed by atoms with Crippen LogP contribution in [0.1, 0.15) is 42.3 Å². The number of benzene rings is 2. The number of rotatable bonds is 3. The molecule has 0 saturated heterocycles. The van der Waals surface area contributed by atoms with Crippen LogP contribution < -0.4 is 0 Å². The number of ketones is 1. The Kier molecular flexibility index (Phi) is 4.55. The molecule has 22 heavy (non-hydrogen) atoms. The second kappa shape index (κ2) is 6.22. The van der Waals surface area contributed by atoms with Gasteiger partial charge in [-0.25, -0.2) is 8.78 Å². The lowest BCUT2D eigenvalue weighted by molar-refractivity contribution is 0.104. The molecular weight excluding hydrogens is 282 g/mol.